The second-order valence-corrected chi connectivity index (χ2v) is 7.08. The topological polar surface area (TPSA) is 45.6 Å². The third-order valence-electron chi connectivity index (χ3n) is 5.70. The summed E-state index contributed by atoms with van der Waals surface area (Å²) in [4.78, 5) is 6.68. The molecular formula is C19H24N2O2. The van der Waals surface area contributed by atoms with E-state index in [9.17, 15) is 5.11 Å². The van der Waals surface area contributed by atoms with Gasteiger partial charge in [-0.2, -0.15) is 0 Å². The lowest BCUT2D eigenvalue weighted by molar-refractivity contribution is -0.0118. The van der Waals surface area contributed by atoms with Gasteiger partial charge in [0.05, 0.1) is 0 Å². The van der Waals surface area contributed by atoms with E-state index in [0.717, 1.165) is 45.7 Å². The summed E-state index contributed by atoms with van der Waals surface area (Å²) in [5.41, 5.74) is 1.60. The highest BCUT2D eigenvalue weighted by molar-refractivity contribution is 5.81. The number of pyridine rings is 1. The lowest BCUT2D eigenvalue weighted by Crippen LogP contribution is -2.38. The molecule has 1 N–H and O–H groups in total. The van der Waals surface area contributed by atoms with Crippen molar-refractivity contribution in [3.05, 3.63) is 42.2 Å². The minimum atomic E-state index is 0.258. The van der Waals surface area contributed by atoms with Crippen LogP contribution in [0.1, 0.15) is 18.4 Å². The minimum Gasteiger partial charge on any atom is -0.396 e. The molecule has 4 rings (SSSR count). The van der Waals surface area contributed by atoms with Gasteiger partial charge >= 0.3 is 0 Å². The minimum absolute atomic E-state index is 0.258. The van der Waals surface area contributed by atoms with Crippen molar-refractivity contribution in [2.24, 2.45) is 11.3 Å². The molecule has 0 bridgehead atoms. The summed E-state index contributed by atoms with van der Waals surface area (Å²) in [6, 6.07) is 8.69. The van der Waals surface area contributed by atoms with Crippen LogP contribution >= 0.6 is 0 Å². The van der Waals surface area contributed by atoms with E-state index in [2.05, 4.69) is 34.1 Å². The maximum absolute atomic E-state index is 9.83. The van der Waals surface area contributed by atoms with Gasteiger partial charge in [0.25, 0.3) is 0 Å². The van der Waals surface area contributed by atoms with Crippen LogP contribution in [-0.4, -0.2) is 47.9 Å². The zero-order valence-electron chi connectivity index (χ0n) is 13.4. The molecule has 1 aromatic heterocycles. The Hall–Kier alpha value is -1.49. The quantitative estimate of drug-likeness (QED) is 0.945. The van der Waals surface area contributed by atoms with Crippen molar-refractivity contribution in [2.75, 3.05) is 32.9 Å². The fourth-order valence-electron chi connectivity index (χ4n) is 4.35. The van der Waals surface area contributed by atoms with Crippen molar-refractivity contribution in [3.8, 4) is 0 Å². The summed E-state index contributed by atoms with van der Waals surface area (Å²) in [5.74, 6) is 0.385. The number of hydrogen-bond donors (Lipinski definition) is 1. The van der Waals surface area contributed by atoms with Crippen molar-refractivity contribution in [2.45, 2.75) is 19.4 Å². The fraction of sp³-hybridized carbons (Fsp3) is 0.526. The van der Waals surface area contributed by atoms with E-state index < -0.39 is 0 Å². The number of nitrogens with zero attached hydrogens (tertiary/aromatic N) is 2. The molecule has 4 heteroatoms. The molecule has 2 fully saturated rings. The van der Waals surface area contributed by atoms with Gasteiger partial charge in [-0.1, -0.05) is 12.1 Å². The number of benzene rings is 1. The van der Waals surface area contributed by atoms with Crippen LogP contribution in [0, 0.1) is 11.3 Å². The zero-order chi connectivity index (χ0) is 15.7. The Labute approximate surface area is 137 Å². The Bertz CT molecular complexity index is 682. The number of aliphatic hydroxyl groups excluding tert-OH is 1. The Balaban J connectivity index is 1.52. The largest absolute Gasteiger partial charge is 0.396 e. The first-order chi connectivity index (χ1) is 11.3. The number of ether oxygens (including phenoxy) is 1. The maximum Gasteiger partial charge on any atom is 0.0477 e. The third-order valence-corrected chi connectivity index (χ3v) is 5.70. The summed E-state index contributed by atoms with van der Waals surface area (Å²) in [6.07, 6.45) is 5.92. The Morgan fingerprint density at radius 3 is 2.91 bits per heavy atom. The highest BCUT2D eigenvalue weighted by Crippen LogP contribution is 2.44. The molecular weight excluding hydrogens is 288 g/mol. The van der Waals surface area contributed by atoms with Crippen molar-refractivity contribution in [3.63, 3.8) is 0 Å². The van der Waals surface area contributed by atoms with Crippen LogP contribution in [0.25, 0.3) is 10.8 Å². The molecule has 23 heavy (non-hydrogen) atoms. The van der Waals surface area contributed by atoms with E-state index in [4.69, 9.17) is 4.74 Å². The van der Waals surface area contributed by atoms with Crippen molar-refractivity contribution < 1.29 is 9.84 Å². The molecule has 1 spiro atoms. The SMILES string of the molecule is OCC1CN(Cc2ccc3cnccc3c2)CC12CCOCC2. The molecule has 122 valence electrons. The highest BCUT2D eigenvalue weighted by Gasteiger charge is 2.46. The average Bonchev–Trinajstić information content (AvgIpc) is 2.92. The molecule has 1 atom stereocenters. The molecule has 0 amide bonds. The fourth-order valence-corrected chi connectivity index (χ4v) is 4.35. The van der Waals surface area contributed by atoms with Crippen molar-refractivity contribution in [1.82, 2.24) is 9.88 Å². The summed E-state index contributed by atoms with van der Waals surface area (Å²) in [6.45, 7) is 5.00. The van der Waals surface area contributed by atoms with Gasteiger partial charge in [0.1, 0.15) is 0 Å². The number of fused-ring (bicyclic) bond motifs is 1. The van der Waals surface area contributed by atoms with E-state index in [-0.39, 0.29) is 5.41 Å². The summed E-state index contributed by atoms with van der Waals surface area (Å²) < 4.78 is 5.54. The van der Waals surface area contributed by atoms with E-state index in [0.29, 0.717) is 12.5 Å². The number of likely N-dealkylation sites (tertiary alicyclic amines) is 1. The molecule has 2 saturated heterocycles. The number of hydrogen-bond acceptors (Lipinski definition) is 4. The van der Waals surface area contributed by atoms with Gasteiger partial charge in [0.15, 0.2) is 0 Å². The first-order valence-corrected chi connectivity index (χ1v) is 8.53. The maximum atomic E-state index is 9.83. The van der Waals surface area contributed by atoms with E-state index >= 15 is 0 Å². The molecule has 1 aromatic carbocycles. The zero-order valence-corrected chi connectivity index (χ0v) is 13.4. The van der Waals surface area contributed by atoms with Gasteiger partial charge < -0.3 is 9.84 Å². The first kappa shape index (κ1) is 15.1. The normalized spacial score (nSPS) is 24.5. The predicted octanol–water partition coefficient (Wildman–Crippen LogP) is 2.46. The average molecular weight is 312 g/mol. The Morgan fingerprint density at radius 2 is 2.09 bits per heavy atom. The third kappa shape index (κ3) is 2.87. The van der Waals surface area contributed by atoms with Gasteiger partial charge in [-0.3, -0.25) is 9.88 Å². The second kappa shape index (κ2) is 6.19. The van der Waals surface area contributed by atoms with Gasteiger partial charge in [0, 0.05) is 63.2 Å². The number of aromatic nitrogens is 1. The molecule has 0 aliphatic carbocycles. The van der Waals surface area contributed by atoms with Crippen LogP contribution in [-0.2, 0) is 11.3 Å². The standard InChI is InChI=1S/C19H24N2O2/c22-13-18-12-21(14-19(18)4-7-23-8-5-19)11-15-1-2-17-10-20-6-3-16(17)9-15/h1-3,6,9-10,18,22H,4-5,7-8,11-14H2. The van der Waals surface area contributed by atoms with Crippen molar-refractivity contribution >= 4 is 10.8 Å². The van der Waals surface area contributed by atoms with Crippen LogP contribution < -0.4 is 0 Å². The van der Waals surface area contributed by atoms with Crippen LogP contribution in [0.2, 0.25) is 0 Å². The molecule has 0 radical (unpaired) electrons. The van der Waals surface area contributed by atoms with Crippen LogP contribution in [0.15, 0.2) is 36.7 Å². The second-order valence-electron chi connectivity index (χ2n) is 7.08. The number of aliphatic hydroxyl groups is 1. The van der Waals surface area contributed by atoms with E-state index in [1.54, 1.807) is 0 Å². The Kier molecular flexibility index (Phi) is 4.05. The monoisotopic (exact) mass is 312 g/mol. The first-order valence-electron chi connectivity index (χ1n) is 8.53. The lowest BCUT2D eigenvalue weighted by Gasteiger charge is -2.37. The molecule has 2 aromatic rings. The summed E-state index contributed by atoms with van der Waals surface area (Å²) >= 11 is 0. The van der Waals surface area contributed by atoms with Gasteiger partial charge in [-0.15, -0.1) is 0 Å². The van der Waals surface area contributed by atoms with E-state index in [1.165, 1.54) is 16.3 Å². The molecule has 0 saturated carbocycles. The molecule has 3 heterocycles. The Morgan fingerprint density at radius 1 is 1.22 bits per heavy atom. The van der Waals surface area contributed by atoms with Crippen LogP contribution in [0.4, 0.5) is 0 Å². The molecule has 2 aliphatic heterocycles. The predicted molar refractivity (Wildman–Crippen MR) is 90.1 cm³/mol. The highest BCUT2D eigenvalue weighted by atomic mass is 16.5. The summed E-state index contributed by atoms with van der Waals surface area (Å²) in [5, 5.41) is 12.3. The molecule has 2 aliphatic rings. The van der Waals surface area contributed by atoms with Gasteiger partial charge in [-0.05, 0) is 41.3 Å². The van der Waals surface area contributed by atoms with Crippen LogP contribution in [0.3, 0.4) is 0 Å². The number of rotatable bonds is 3. The smallest absolute Gasteiger partial charge is 0.0477 e. The lowest BCUT2D eigenvalue weighted by atomic mass is 9.72. The summed E-state index contributed by atoms with van der Waals surface area (Å²) in [7, 11) is 0. The van der Waals surface area contributed by atoms with E-state index in [1.807, 2.05) is 12.4 Å². The van der Waals surface area contributed by atoms with Gasteiger partial charge in [0.2, 0.25) is 0 Å². The molecule has 4 nitrogen and oxygen atoms in total. The van der Waals surface area contributed by atoms with Gasteiger partial charge in [-0.25, -0.2) is 0 Å². The molecule has 1 unspecified atom stereocenters. The van der Waals surface area contributed by atoms with Crippen molar-refractivity contribution in [1.29, 1.82) is 0 Å². The van der Waals surface area contributed by atoms with Crippen LogP contribution in [0.5, 0.6) is 0 Å².